The Morgan fingerprint density at radius 1 is 0.333 bits per heavy atom. The van der Waals surface area contributed by atoms with Gasteiger partial charge in [0.05, 0.1) is 0 Å². The molecule has 0 heterocycles. The first-order valence-electron chi connectivity index (χ1n) is 25.7. The van der Waals surface area contributed by atoms with E-state index < -0.39 is 6.10 Å². The van der Waals surface area contributed by atoms with Crippen LogP contribution < -0.4 is 0 Å². The Labute approximate surface area is 387 Å². The van der Waals surface area contributed by atoms with E-state index in [0.717, 1.165) is 77.0 Å². The van der Waals surface area contributed by atoms with Crippen LogP contribution >= 0.6 is 0 Å². The zero-order chi connectivity index (χ0) is 45.8. The van der Waals surface area contributed by atoms with E-state index in [2.05, 4.69) is 118 Å². The molecule has 0 bridgehead atoms. The second kappa shape index (κ2) is 51.0. The molecule has 63 heavy (non-hydrogen) atoms. The van der Waals surface area contributed by atoms with Crippen LogP contribution in [0.2, 0.25) is 0 Å². The van der Waals surface area contributed by atoms with E-state index in [0.29, 0.717) is 19.3 Å². The fourth-order valence-corrected chi connectivity index (χ4v) is 6.73. The van der Waals surface area contributed by atoms with Crippen LogP contribution in [-0.4, -0.2) is 37.2 Å². The fourth-order valence-electron chi connectivity index (χ4n) is 6.73. The molecule has 0 rings (SSSR count). The highest BCUT2D eigenvalue weighted by Gasteiger charge is 2.19. The molecule has 0 saturated heterocycles. The second-order valence-corrected chi connectivity index (χ2v) is 16.7. The first kappa shape index (κ1) is 59.3. The maximum absolute atomic E-state index is 12.8. The largest absolute Gasteiger partial charge is 0.462 e. The van der Waals surface area contributed by atoms with Crippen molar-refractivity contribution >= 4 is 17.9 Å². The third kappa shape index (κ3) is 49.2. The smallest absolute Gasteiger partial charge is 0.306 e. The molecule has 0 fully saturated rings. The molecule has 1 atom stereocenters. The topological polar surface area (TPSA) is 78.9 Å². The monoisotopic (exact) mass is 875 g/mol. The van der Waals surface area contributed by atoms with E-state index in [1.807, 2.05) is 0 Å². The molecule has 358 valence electrons. The average molecular weight is 875 g/mol. The lowest BCUT2D eigenvalue weighted by Crippen LogP contribution is -2.30. The van der Waals surface area contributed by atoms with Crippen molar-refractivity contribution < 1.29 is 28.6 Å². The van der Waals surface area contributed by atoms with E-state index in [1.165, 1.54) is 96.3 Å². The van der Waals surface area contributed by atoms with Gasteiger partial charge in [-0.2, -0.15) is 0 Å². The summed E-state index contributed by atoms with van der Waals surface area (Å²) in [7, 11) is 0. The minimum Gasteiger partial charge on any atom is -0.462 e. The standard InChI is InChI=1S/C57H94O6/c1-4-7-10-13-16-19-22-24-26-28-30-32-35-38-41-44-47-50-56(59)62-53-54(52-61-55(58)49-46-43-40-37-34-21-18-15-12-9-6-3)63-57(60)51-48-45-42-39-36-33-31-29-27-25-23-20-17-14-11-8-5-2/h7,10,16,19,24-27,30-33,38-39,41-42,54H,4-6,8-9,11-15,17-18,20-23,28-29,34-37,40,43-53H2,1-3H3/b10-7-,19-16-,26-24-,27-25-,32-30-,33-31-,41-38-,42-39-/t54-/m0/s1. The van der Waals surface area contributed by atoms with Crippen LogP contribution in [0, 0.1) is 0 Å². The Kier molecular flexibility index (Phi) is 48.0. The lowest BCUT2D eigenvalue weighted by molar-refractivity contribution is -0.167. The summed E-state index contributed by atoms with van der Waals surface area (Å²) in [5, 5.41) is 0. The van der Waals surface area contributed by atoms with Gasteiger partial charge in [0, 0.05) is 19.3 Å². The lowest BCUT2D eigenvalue weighted by Gasteiger charge is -2.18. The number of hydrogen-bond donors (Lipinski definition) is 0. The summed E-state index contributed by atoms with van der Waals surface area (Å²) in [5.74, 6) is -1.03. The Bertz CT molecular complexity index is 1280. The minimum absolute atomic E-state index is 0.115. The number of ether oxygens (including phenoxy) is 3. The molecule has 0 amide bonds. The van der Waals surface area contributed by atoms with Crippen molar-refractivity contribution in [2.45, 2.75) is 232 Å². The summed E-state index contributed by atoms with van der Waals surface area (Å²) >= 11 is 0. The molecular weight excluding hydrogens is 781 g/mol. The van der Waals surface area contributed by atoms with Gasteiger partial charge in [-0.15, -0.1) is 0 Å². The maximum Gasteiger partial charge on any atom is 0.306 e. The number of allylic oxidation sites excluding steroid dienone is 16. The first-order chi connectivity index (χ1) is 31.0. The van der Waals surface area contributed by atoms with Crippen LogP contribution in [0.4, 0.5) is 0 Å². The minimum atomic E-state index is -0.825. The van der Waals surface area contributed by atoms with E-state index in [1.54, 1.807) is 0 Å². The highest BCUT2D eigenvalue weighted by Crippen LogP contribution is 2.13. The Morgan fingerprint density at radius 3 is 1.03 bits per heavy atom. The molecule has 0 radical (unpaired) electrons. The number of carbonyl (C=O) groups is 3. The zero-order valence-electron chi connectivity index (χ0n) is 40.8. The summed E-state index contributed by atoms with van der Waals surface area (Å²) in [6, 6.07) is 0. The first-order valence-corrected chi connectivity index (χ1v) is 25.7. The number of hydrogen-bond acceptors (Lipinski definition) is 6. The van der Waals surface area contributed by atoms with Gasteiger partial charge in [0.1, 0.15) is 13.2 Å². The number of esters is 3. The number of unbranched alkanes of at least 4 members (excludes halogenated alkanes) is 18. The molecule has 0 N–H and O–H groups in total. The molecule has 0 saturated carbocycles. The van der Waals surface area contributed by atoms with Gasteiger partial charge in [0.25, 0.3) is 0 Å². The summed E-state index contributed by atoms with van der Waals surface area (Å²) in [5.41, 5.74) is 0. The molecule has 0 aromatic carbocycles. The Hall–Kier alpha value is -3.67. The highest BCUT2D eigenvalue weighted by molar-refractivity contribution is 5.71. The molecule has 0 aromatic heterocycles. The van der Waals surface area contributed by atoms with Gasteiger partial charge < -0.3 is 14.2 Å². The second-order valence-electron chi connectivity index (χ2n) is 16.7. The predicted molar refractivity (Wildman–Crippen MR) is 270 cm³/mol. The van der Waals surface area contributed by atoms with Crippen LogP contribution in [0.1, 0.15) is 226 Å². The summed E-state index contributed by atoms with van der Waals surface area (Å²) in [6.07, 6.45) is 66.9. The van der Waals surface area contributed by atoms with Gasteiger partial charge in [-0.1, -0.05) is 214 Å². The Morgan fingerprint density at radius 2 is 0.635 bits per heavy atom. The molecule has 0 unspecified atom stereocenters. The van der Waals surface area contributed by atoms with Crippen LogP contribution in [-0.2, 0) is 28.6 Å². The predicted octanol–water partition coefficient (Wildman–Crippen LogP) is 17.0. The van der Waals surface area contributed by atoms with E-state index in [-0.39, 0.29) is 44.0 Å². The zero-order valence-corrected chi connectivity index (χ0v) is 40.8. The molecule has 0 aromatic rings. The van der Waals surface area contributed by atoms with Crippen molar-refractivity contribution in [3.8, 4) is 0 Å². The van der Waals surface area contributed by atoms with Crippen molar-refractivity contribution in [1.82, 2.24) is 0 Å². The number of carbonyl (C=O) groups excluding carboxylic acids is 3. The number of rotatable bonds is 45. The van der Waals surface area contributed by atoms with E-state index in [9.17, 15) is 14.4 Å². The maximum atomic E-state index is 12.8. The molecule has 0 aliphatic rings. The molecule has 0 spiro atoms. The van der Waals surface area contributed by atoms with Crippen molar-refractivity contribution in [3.05, 3.63) is 97.2 Å². The van der Waals surface area contributed by atoms with Gasteiger partial charge in [-0.3, -0.25) is 14.4 Å². The van der Waals surface area contributed by atoms with Crippen molar-refractivity contribution in [1.29, 1.82) is 0 Å². The summed E-state index contributed by atoms with van der Waals surface area (Å²) in [4.78, 5) is 37.9. The van der Waals surface area contributed by atoms with E-state index in [4.69, 9.17) is 14.2 Å². The third-order valence-electron chi connectivity index (χ3n) is 10.6. The van der Waals surface area contributed by atoms with Crippen molar-refractivity contribution in [3.63, 3.8) is 0 Å². The fraction of sp³-hybridized carbons (Fsp3) is 0.667. The van der Waals surface area contributed by atoms with E-state index >= 15 is 0 Å². The molecule has 0 aliphatic carbocycles. The van der Waals surface area contributed by atoms with Gasteiger partial charge in [0.2, 0.25) is 0 Å². The van der Waals surface area contributed by atoms with Crippen LogP contribution in [0.25, 0.3) is 0 Å². The van der Waals surface area contributed by atoms with Crippen LogP contribution in [0.15, 0.2) is 97.2 Å². The third-order valence-corrected chi connectivity index (χ3v) is 10.6. The van der Waals surface area contributed by atoms with Crippen LogP contribution in [0.5, 0.6) is 0 Å². The van der Waals surface area contributed by atoms with Gasteiger partial charge in [-0.25, -0.2) is 0 Å². The Balaban J connectivity index is 4.55. The van der Waals surface area contributed by atoms with Gasteiger partial charge in [0.15, 0.2) is 6.10 Å². The van der Waals surface area contributed by atoms with Gasteiger partial charge in [-0.05, 0) is 89.9 Å². The quantitative estimate of drug-likeness (QED) is 0.0262. The molecule has 6 heteroatoms. The normalized spacial score (nSPS) is 12.9. The molecular formula is C57H94O6. The molecule has 0 aliphatic heterocycles. The summed E-state index contributed by atoms with van der Waals surface area (Å²) < 4.78 is 16.7. The summed E-state index contributed by atoms with van der Waals surface area (Å²) in [6.45, 7) is 6.41. The van der Waals surface area contributed by atoms with Crippen LogP contribution in [0.3, 0.4) is 0 Å². The van der Waals surface area contributed by atoms with Gasteiger partial charge >= 0.3 is 17.9 Å². The average Bonchev–Trinajstić information content (AvgIpc) is 3.28. The molecule has 6 nitrogen and oxygen atoms in total. The van der Waals surface area contributed by atoms with Crippen molar-refractivity contribution in [2.24, 2.45) is 0 Å². The highest BCUT2D eigenvalue weighted by atomic mass is 16.6. The lowest BCUT2D eigenvalue weighted by atomic mass is 10.1. The van der Waals surface area contributed by atoms with Crippen molar-refractivity contribution in [2.75, 3.05) is 13.2 Å². The SMILES string of the molecule is CC/C=C\C/C=C\C/C=C\C/C=C\C/C=C\CCCC(=O)OC[C@H](COC(=O)CCCCCCCCCCCCC)OC(=O)CCC/C=C\C/C=C\C/C=C\CCCCCCCC.